The van der Waals surface area contributed by atoms with Crippen molar-refractivity contribution in [3.8, 4) is 22.8 Å². The van der Waals surface area contributed by atoms with Crippen molar-refractivity contribution < 1.29 is 18.3 Å². The van der Waals surface area contributed by atoms with Gasteiger partial charge in [0, 0.05) is 69.0 Å². The average Bonchev–Trinajstić information content (AvgIpc) is 2.95. The van der Waals surface area contributed by atoms with Crippen LogP contribution in [0.2, 0.25) is 0 Å². The Morgan fingerprint density at radius 1 is 0.846 bits per heavy atom. The molecule has 1 aliphatic heterocycles. The molecule has 0 radical (unpaired) electrons. The Bertz CT molecular complexity index is 1460. The van der Waals surface area contributed by atoms with Crippen LogP contribution in [0.3, 0.4) is 0 Å². The van der Waals surface area contributed by atoms with Gasteiger partial charge in [-0.1, -0.05) is 6.07 Å². The summed E-state index contributed by atoms with van der Waals surface area (Å²) in [6.45, 7) is 5.20. The Morgan fingerprint density at radius 2 is 1.51 bits per heavy atom. The number of fused-ring (bicyclic) bond motifs is 1. The topological polar surface area (TPSA) is 74.8 Å². The van der Waals surface area contributed by atoms with Crippen molar-refractivity contribution in [2.45, 2.75) is 6.54 Å². The van der Waals surface area contributed by atoms with Crippen molar-refractivity contribution in [1.29, 1.82) is 0 Å². The Labute approximate surface area is 226 Å². The van der Waals surface area contributed by atoms with Crippen LogP contribution >= 0.6 is 0 Å². The monoisotopic (exact) mass is 534 g/mol. The minimum absolute atomic E-state index is 0.116. The van der Waals surface area contributed by atoms with Gasteiger partial charge in [-0.3, -0.25) is 9.88 Å². The molecule has 4 aromatic rings. The lowest BCUT2D eigenvalue weighted by Crippen LogP contribution is -2.43. The molecule has 0 bridgehead atoms. The number of pyridine rings is 2. The number of hydrogen-bond donors (Lipinski definition) is 2. The highest BCUT2D eigenvalue weighted by Gasteiger charge is 2.23. The first-order valence-corrected chi connectivity index (χ1v) is 12.7. The molecule has 0 atom stereocenters. The number of ether oxygens (including phenoxy) is 2. The number of halogens is 2. The lowest BCUT2D eigenvalue weighted by Gasteiger charge is -2.32. The number of anilines is 3. The van der Waals surface area contributed by atoms with Crippen LogP contribution < -0.4 is 20.1 Å². The number of nitrogens with zero attached hydrogens (tertiary/aromatic N) is 4. The van der Waals surface area contributed by atoms with Crippen LogP contribution in [0.25, 0.3) is 22.0 Å². The minimum atomic E-state index is -0.843. The number of likely N-dealkylation sites (N-methyl/N-ethyl adjacent to an activating group) is 1. The van der Waals surface area contributed by atoms with Crippen molar-refractivity contribution in [2.75, 3.05) is 65.1 Å². The van der Waals surface area contributed by atoms with Gasteiger partial charge >= 0.3 is 0 Å². The number of aromatic nitrogens is 2. The van der Waals surface area contributed by atoms with Crippen molar-refractivity contribution in [1.82, 2.24) is 19.8 Å². The Kier molecular flexibility index (Phi) is 7.76. The average molecular weight is 535 g/mol. The molecule has 0 saturated carbocycles. The first-order valence-electron chi connectivity index (χ1n) is 12.7. The molecule has 39 heavy (non-hydrogen) atoms. The van der Waals surface area contributed by atoms with E-state index < -0.39 is 11.6 Å². The third-order valence-corrected chi connectivity index (χ3v) is 7.05. The number of methoxy groups -OCH3 is 2. The molecular formula is C29H32F2N6O2. The molecule has 1 aliphatic rings. The van der Waals surface area contributed by atoms with Crippen LogP contribution in [-0.4, -0.2) is 74.3 Å². The Hall–Kier alpha value is -4.02. The smallest absolute Gasteiger partial charge is 0.177 e. The second-order valence-corrected chi connectivity index (χ2v) is 9.60. The fraction of sp³-hybridized carbons (Fsp3) is 0.310. The number of nitrogens with one attached hydrogen (secondary N) is 2. The predicted molar refractivity (Wildman–Crippen MR) is 150 cm³/mol. The summed E-state index contributed by atoms with van der Waals surface area (Å²) in [6.07, 6.45) is 3.22. The number of benzene rings is 2. The zero-order chi connectivity index (χ0) is 27.5. The summed E-state index contributed by atoms with van der Waals surface area (Å²) in [6, 6.07) is 10.9. The third kappa shape index (κ3) is 5.57. The summed E-state index contributed by atoms with van der Waals surface area (Å²) in [4.78, 5) is 13.7. The van der Waals surface area contributed by atoms with Crippen molar-refractivity contribution >= 4 is 28.0 Å². The molecule has 0 unspecified atom stereocenters. The van der Waals surface area contributed by atoms with E-state index in [0.717, 1.165) is 49.5 Å². The molecular weight excluding hydrogens is 502 g/mol. The number of rotatable bonds is 8. The first kappa shape index (κ1) is 26.6. The Balaban J connectivity index is 1.38. The number of piperazine rings is 1. The molecule has 0 amide bonds. The maximum absolute atomic E-state index is 15.0. The molecule has 0 spiro atoms. The van der Waals surface area contributed by atoms with Gasteiger partial charge < -0.3 is 25.0 Å². The fourth-order valence-corrected chi connectivity index (χ4v) is 4.76. The zero-order valence-corrected chi connectivity index (χ0v) is 22.5. The van der Waals surface area contributed by atoms with Gasteiger partial charge in [0.25, 0.3) is 0 Å². The van der Waals surface area contributed by atoms with Gasteiger partial charge in [0.2, 0.25) is 0 Å². The molecule has 8 nitrogen and oxygen atoms in total. The van der Waals surface area contributed by atoms with Gasteiger partial charge in [-0.15, -0.1) is 0 Å². The highest BCUT2D eigenvalue weighted by Crippen LogP contribution is 2.37. The quantitative estimate of drug-likeness (QED) is 0.323. The van der Waals surface area contributed by atoms with Crippen LogP contribution in [0.15, 0.2) is 48.8 Å². The van der Waals surface area contributed by atoms with Gasteiger partial charge in [0.1, 0.15) is 5.82 Å². The molecule has 2 aromatic carbocycles. The van der Waals surface area contributed by atoms with Gasteiger partial charge in [-0.25, -0.2) is 13.8 Å². The van der Waals surface area contributed by atoms with Crippen LogP contribution in [0.4, 0.5) is 26.0 Å². The lowest BCUT2D eigenvalue weighted by atomic mass is 10.1. The largest absolute Gasteiger partial charge is 0.494 e. The molecule has 2 N–H and O–H groups in total. The van der Waals surface area contributed by atoms with Crippen LogP contribution in [-0.2, 0) is 6.54 Å². The minimum Gasteiger partial charge on any atom is -0.494 e. The summed E-state index contributed by atoms with van der Waals surface area (Å²) < 4.78 is 40.1. The molecule has 5 rings (SSSR count). The molecule has 204 valence electrons. The SMILES string of the molecule is CNc1cc(CN2CCN(C)CC2)ccc1Nc1cc2cnc(-c3c(F)c(OC)cc(OC)c3F)cc2cn1. The Morgan fingerprint density at radius 3 is 2.18 bits per heavy atom. The summed E-state index contributed by atoms with van der Waals surface area (Å²) in [5.74, 6) is -1.31. The van der Waals surface area contributed by atoms with Crippen molar-refractivity contribution in [3.05, 3.63) is 66.0 Å². The maximum Gasteiger partial charge on any atom is 0.177 e. The summed E-state index contributed by atoms with van der Waals surface area (Å²) in [5, 5.41) is 8.09. The molecule has 1 fully saturated rings. The highest BCUT2D eigenvalue weighted by atomic mass is 19.1. The second kappa shape index (κ2) is 11.4. The van der Waals surface area contributed by atoms with Gasteiger partial charge in [-0.2, -0.15) is 0 Å². The van der Waals surface area contributed by atoms with E-state index >= 15 is 0 Å². The van der Waals surface area contributed by atoms with Gasteiger partial charge in [0.05, 0.1) is 36.9 Å². The van der Waals surface area contributed by atoms with E-state index in [-0.39, 0.29) is 22.8 Å². The lowest BCUT2D eigenvalue weighted by molar-refractivity contribution is 0.148. The molecule has 1 saturated heterocycles. The highest BCUT2D eigenvalue weighted by molar-refractivity contribution is 5.88. The molecule has 2 aromatic heterocycles. The predicted octanol–water partition coefficient (Wildman–Crippen LogP) is 5.12. The van der Waals surface area contributed by atoms with Crippen LogP contribution in [0.1, 0.15) is 5.56 Å². The van der Waals surface area contributed by atoms with E-state index in [9.17, 15) is 8.78 Å². The zero-order valence-electron chi connectivity index (χ0n) is 22.5. The summed E-state index contributed by atoms with van der Waals surface area (Å²) >= 11 is 0. The normalized spacial score (nSPS) is 14.4. The molecule has 0 aliphatic carbocycles. The summed E-state index contributed by atoms with van der Waals surface area (Å²) in [7, 11) is 6.68. The molecule has 10 heteroatoms. The summed E-state index contributed by atoms with van der Waals surface area (Å²) in [5.41, 5.74) is 2.90. The standard InChI is InChI=1S/C29H32F2N6O2/c1-32-22-11-18(17-37-9-7-36(2)8-10-37)5-6-21(22)35-26-13-20-15-33-23(12-19(20)16-34-26)27-28(30)24(38-3)14-25(39-4)29(27)31/h5-6,11-16,32H,7-10,17H2,1-4H3,(H,34,35). The molecule has 3 heterocycles. The van der Waals surface area contributed by atoms with E-state index in [1.165, 1.54) is 25.8 Å². The van der Waals surface area contributed by atoms with Crippen molar-refractivity contribution in [2.24, 2.45) is 0 Å². The number of hydrogen-bond acceptors (Lipinski definition) is 8. The third-order valence-electron chi connectivity index (χ3n) is 7.05. The van der Waals surface area contributed by atoms with Crippen LogP contribution in [0, 0.1) is 11.6 Å². The van der Waals surface area contributed by atoms with Crippen LogP contribution in [0.5, 0.6) is 11.5 Å². The van der Waals surface area contributed by atoms with E-state index in [1.807, 2.05) is 19.2 Å². The van der Waals surface area contributed by atoms with E-state index in [2.05, 4.69) is 49.6 Å². The second-order valence-electron chi connectivity index (χ2n) is 9.60. The maximum atomic E-state index is 15.0. The van der Waals surface area contributed by atoms with E-state index in [4.69, 9.17) is 9.47 Å². The van der Waals surface area contributed by atoms with E-state index in [0.29, 0.717) is 11.2 Å². The van der Waals surface area contributed by atoms with Gasteiger partial charge in [-0.05, 0) is 36.9 Å². The fourth-order valence-electron chi connectivity index (χ4n) is 4.76. The first-order chi connectivity index (χ1) is 18.9. The van der Waals surface area contributed by atoms with Crippen molar-refractivity contribution in [3.63, 3.8) is 0 Å². The van der Waals surface area contributed by atoms with Gasteiger partial charge in [0.15, 0.2) is 23.1 Å². The van der Waals surface area contributed by atoms with E-state index in [1.54, 1.807) is 18.5 Å².